The summed E-state index contributed by atoms with van der Waals surface area (Å²) in [6.45, 7) is 4.54. The molecule has 2 nitrogen and oxygen atoms in total. The molecule has 252 valence electrons. The van der Waals surface area contributed by atoms with Crippen LogP contribution >= 0.6 is 0 Å². The van der Waals surface area contributed by atoms with E-state index in [4.69, 9.17) is 11.5 Å². The number of hydrogen-bond donors (Lipinski definition) is 2. The average molecular weight is 631 g/mol. The molecule has 2 atom stereocenters. The highest BCUT2D eigenvalue weighted by Crippen LogP contribution is 2.30. The van der Waals surface area contributed by atoms with Gasteiger partial charge in [0.05, 0.1) is 0 Å². The molecule has 0 aliphatic heterocycles. The molecule has 4 aromatic carbocycles. The van der Waals surface area contributed by atoms with Crippen LogP contribution in [0.2, 0.25) is 0 Å². The number of aryl methyl sites for hydroxylation is 2. The van der Waals surface area contributed by atoms with Crippen LogP contribution in [0, 0.1) is 0 Å². The summed E-state index contributed by atoms with van der Waals surface area (Å²) in [5, 5.41) is 0. The summed E-state index contributed by atoms with van der Waals surface area (Å²) in [4.78, 5) is 0. The zero-order valence-corrected chi connectivity index (χ0v) is 29.6. The summed E-state index contributed by atoms with van der Waals surface area (Å²) < 4.78 is 0. The van der Waals surface area contributed by atoms with Crippen LogP contribution in [0.15, 0.2) is 97.1 Å². The monoisotopic (exact) mass is 630 g/mol. The maximum atomic E-state index is 5.89. The Morgan fingerprint density at radius 1 is 0.340 bits per heavy atom. The van der Waals surface area contributed by atoms with Gasteiger partial charge in [0, 0.05) is 23.2 Å². The number of hydrogen-bond acceptors (Lipinski definition) is 2. The predicted molar refractivity (Wildman–Crippen MR) is 206 cm³/mol. The standard InChI is InChI=1S/C45H62N2/c1-3-44(40-28-32-42(46)33-29-40)38-24-20-36(21-25-38)18-16-14-12-10-8-6-5-7-9-11-13-15-17-19-37-22-26-39(27-23-37)45(4-2)41-30-34-43(47)35-31-41/h20-35,44-45H,3-19,46-47H2,1-2H3. The molecule has 0 aliphatic carbocycles. The van der Waals surface area contributed by atoms with Crippen molar-refractivity contribution in [2.24, 2.45) is 0 Å². The van der Waals surface area contributed by atoms with Crippen LogP contribution in [0.25, 0.3) is 0 Å². The number of anilines is 2. The first kappa shape index (κ1) is 36.3. The Bertz CT molecular complexity index is 1260. The van der Waals surface area contributed by atoms with Gasteiger partial charge in [0.25, 0.3) is 0 Å². The molecule has 4 rings (SSSR count). The molecule has 4 aromatic rings. The molecule has 2 heteroatoms. The number of nitrogen functional groups attached to an aromatic ring is 2. The van der Waals surface area contributed by atoms with Gasteiger partial charge in [-0.2, -0.15) is 0 Å². The molecule has 0 aliphatic rings. The smallest absolute Gasteiger partial charge is 0.0314 e. The molecule has 0 radical (unpaired) electrons. The fraction of sp³-hybridized carbons (Fsp3) is 0.467. The van der Waals surface area contributed by atoms with Gasteiger partial charge in [-0.25, -0.2) is 0 Å². The van der Waals surface area contributed by atoms with Crippen LogP contribution in [0.5, 0.6) is 0 Å². The lowest BCUT2D eigenvalue weighted by molar-refractivity contribution is 0.536. The number of unbranched alkanes of at least 4 members (excludes halogenated alkanes) is 12. The summed E-state index contributed by atoms with van der Waals surface area (Å²) in [5.41, 5.74) is 21.9. The topological polar surface area (TPSA) is 52.0 Å². The van der Waals surface area contributed by atoms with Gasteiger partial charge >= 0.3 is 0 Å². The lowest BCUT2D eigenvalue weighted by Gasteiger charge is -2.17. The predicted octanol–water partition coefficient (Wildman–Crippen LogP) is 12.8. The number of rotatable bonds is 22. The van der Waals surface area contributed by atoms with Crippen LogP contribution in [-0.2, 0) is 12.8 Å². The van der Waals surface area contributed by atoms with E-state index in [1.165, 1.54) is 130 Å². The summed E-state index contributed by atoms with van der Waals surface area (Å²) in [7, 11) is 0. The third-order valence-electron chi connectivity index (χ3n) is 10.2. The fourth-order valence-corrected chi connectivity index (χ4v) is 7.22. The highest BCUT2D eigenvalue weighted by Gasteiger charge is 2.13. The molecule has 0 amide bonds. The highest BCUT2D eigenvalue weighted by molar-refractivity contribution is 5.44. The van der Waals surface area contributed by atoms with Crippen molar-refractivity contribution in [3.63, 3.8) is 0 Å². The Balaban J connectivity index is 0.958. The largest absolute Gasteiger partial charge is 0.399 e. The summed E-state index contributed by atoms with van der Waals surface area (Å²) in [5.74, 6) is 0.900. The molecule has 47 heavy (non-hydrogen) atoms. The Hall–Kier alpha value is -3.52. The van der Waals surface area contributed by atoms with Gasteiger partial charge in [-0.3, -0.25) is 0 Å². The normalized spacial score (nSPS) is 12.6. The van der Waals surface area contributed by atoms with Gasteiger partial charge in [0.15, 0.2) is 0 Å². The average Bonchev–Trinajstić information content (AvgIpc) is 3.10. The minimum atomic E-state index is 0.450. The SMILES string of the molecule is CCC(c1ccc(N)cc1)c1ccc(CCCCCCCCCCCCCCCc2ccc(C(CC)c3ccc(N)cc3)cc2)cc1. The zero-order valence-electron chi connectivity index (χ0n) is 29.6. The van der Waals surface area contributed by atoms with Crippen molar-refractivity contribution in [3.05, 3.63) is 130 Å². The maximum absolute atomic E-state index is 5.89. The first-order valence-electron chi connectivity index (χ1n) is 19.0. The minimum absolute atomic E-state index is 0.450. The fourth-order valence-electron chi connectivity index (χ4n) is 7.22. The molecule has 4 N–H and O–H groups in total. The lowest BCUT2D eigenvalue weighted by atomic mass is 9.88. The van der Waals surface area contributed by atoms with Crippen LogP contribution in [0.4, 0.5) is 11.4 Å². The van der Waals surface area contributed by atoms with Crippen LogP contribution < -0.4 is 11.5 Å². The van der Waals surface area contributed by atoms with Crippen molar-refractivity contribution >= 4 is 11.4 Å². The molecule has 0 aromatic heterocycles. The maximum Gasteiger partial charge on any atom is 0.0314 e. The van der Waals surface area contributed by atoms with E-state index >= 15 is 0 Å². The first-order chi connectivity index (χ1) is 23.1. The van der Waals surface area contributed by atoms with E-state index in [9.17, 15) is 0 Å². The Morgan fingerprint density at radius 2 is 0.574 bits per heavy atom. The van der Waals surface area contributed by atoms with Gasteiger partial charge in [-0.1, -0.05) is 157 Å². The lowest BCUT2D eigenvalue weighted by Crippen LogP contribution is -2.00. The third-order valence-corrected chi connectivity index (χ3v) is 10.2. The van der Waals surface area contributed by atoms with Gasteiger partial charge < -0.3 is 11.5 Å². The van der Waals surface area contributed by atoms with Crippen molar-refractivity contribution in [1.29, 1.82) is 0 Å². The molecule has 0 heterocycles. The molecule has 2 unspecified atom stereocenters. The Kier molecular flexibility index (Phi) is 16.0. The molecular formula is C45H62N2. The molecule has 0 saturated heterocycles. The number of benzene rings is 4. The van der Waals surface area contributed by atoms with Gasteiger partial charge in [-0.15, -0.1) is 0 Å². The quantitative estimate of drug-likeness (QED) is 0.0670. The summed E-state index contributed by atoms with van der Waals surface area (Å²) >= 11 is 0. The highest BCUT2D eigenvalue weighted by atomic mass is 14.5. The minimum Gasteiger partial charge on any atom is -0.399 e. The Labute approximate surface area is 287 Å². The van der Waals surface area contributed by atoms with Crippen LogP contribution in [0.3, 0.4) is 0 Å². The van der Waals surface area contributed by atoms with E-state index in [-0.39, 0.29) is 0 Å². The second-order valence-corrected chi connectivity index (χ2v) is 13.8. The molecule has 0 fully saturated rings. The Morgan fingerprint density at radius 3 is 0.830 bits per heavy atom. The van der Waals surface area contributed by atoms with E-state index in [0.29, 0.717) is 11.8 Å². The second-order valence-electron chi connectivity index (χ2n) is 13.8. The summed E-state index contributed by atoms with van der Waals surface area (Å²) in [6.07, 6.45) is 22.6. The second kappa shape index (κ2) is 20.7. The van der Waals surface area contributed by atoms with Crippen molar-refractivity contribution in [2.75, 3.05) is 11.5 Å². The van der Waals surface area contributed by atoms with Crippen LogP contribution in [-0.4, -0.2) is 0 Å². The third kappa shape index (κ3) is 12.5. The molecule has 0 saturated carbocycles. The van der Waals surface area contributed by atoms with Crippen molar-refractivity contribution in [3.8, 4) is 0 Å². The van der Waals surface area contributed by atoms with E-state index in [0.717, 1.165) is 24.2 Å². The van der Waals surface area contributed by atoms with Gasteiger partial charge in [0.2, 0.25) is 0 Å². The van der Waals surface area contributed by atoms with Gasteiger partial charge in [-0.05, 0) is 96.2 Å². The van der Waals surface area contributed by atoms with E-state index < -0.39 is 0 Å². The van der Waals surface area contributed by atoms with Crippen LogP contribution in [0.1, 0.15) is 155 Å². The molecular weight excluding hydrogens is 569 g/mol. The summed E-state index contributed by atoms with van der Waals surface area (Å²) in [6, 6.07) is 35.5. The van der Waals surface area contributed by atoms with Crippen molar-refractivity contribution < 1.29 is 0 Å². The number of nitrogens with two attached hydrogens (primary N) is 2. The van der Waals surface area contributed by atoms with Crippen molar-refractivity contribution in [1.82, 2.24) is 0 Å². The molecule has 0 bridgehead atoms. The first-order valence-corrected chi connectivity index (χ1v) is 19.0. The van der Waals surface area contributed by atoms with Gasteiger partial charge in [0.1, 0.15) is 0 Å². The van der Waals surface area contributed by atoms with E-state index in [1.807, 2.05) is 24.3 Å². The van der Waals surface area contributed by atoms with E-state index in [1.54, 1.807) is 0 Å². The zero-order chi connectivity index (χ0) is 33.1. The van der Waals surface area contributed by atoms with E-state index in [2.05, 4.69) is 86.6 Å². The molecule has 0 spiro atoms. The van der Waals surface area contributed by atoms with Crippen molar-refractivity contribution in [2.45, 2.75) is 135 Å².